The summed E-state index contributed by atoms with van der Waals surface area (Å²) < 4.78 is 0. The van der Waals surface area contributed by atoms with Crippen molar-refractivity contribution in [3.8, 4) is 0 Å². The average Bonchev–Trinajstić information content (AvgIpc) is 3.07. The number of fused-ring (bicyclic) bond motifs is 5. The number of rotatable bonds is 5. The molecule has 190 valence electrons. The van der Waals surface area contributed by atoms with Crippen LogP contribution in [-0.4, -0.2) is 33.1 Å². The minimum atomic E-state index is -1.05. The average molecular weight is 461 g/mol. The van der Waals surface area contributed by atoms with Gasteiger partial charge in [-0.15, -0.1) is 0 Å². The van der Waals surface area contributed by atoms with E-state index in [9.17, 15) is 15.3 Å². The van der Waals surface area contributed by atoms with E-state index in [4.69, 9.17) is 0 Å². The molecule has 0 aromatic heterocycles. The van der Waals surface area contributed by atoms with Gasteiger partial charge in [0.05, 0.1) is 17.8 Å². The smallest absolute Gasteiger partial charge is 0.0849 e. The van der Waals surface area contributed by atoms with E-state index in [2.05, 4.69) is 41.2 Å². The van der Waals surface area contributed by atoms with Crippen LogP contribution in [0.4, 0.5) is 0 Å². The van der Waals surface area contributed by atoms with E-state index in [1.165, 1.54) is 50.5 Å². The van der Waals surface area contributed by atoms with Gasteiger partial charge in [-0.25, -0.2) is 0 Å². The topological polar surface area (TPSA) is 60.7 Å². The predicted octanol–water partition coefficient (Wildman–Crippen LogP) is 6.50. The SMILES string of the molecule is C=C(CCC(O)C(C)(C)O)C1CC[C@]2(C)C1CCC1[C@@]3(C)CCC(O)C(C)(C)C3CC[C@]12C. The van der Waals surface area contributed by atoms with E-state index in [-0.39, 0.29) is 11.5 Å². The van der Waals surface area contributed by atoms with Crippen LogP contribution in [0.2, 0.25) is 0 Å². The van der Waals surface area contributed by atoms with Crippen molar-refractivity contribution in [1.29, 1.82) is 0 Å². The number of hydrogen-bond donors (Lipinski definition) is 3. The molecular weight excluding hydrogens is 408 g/mol. The Morgan fingerprint density at radius 2 is 1.55 bits per heavy atom. The third kappa shape index (κ3) is 3.70. The van der Waals surface area contributed by atoms with Gasteiger partial charge in [0.1, 0.15) is 0 Å². The lowest BCUT2D eigenvalue weighted by Gasteiger charge is -2.69. The summed E-state index contributed by atoms with van der Waals surface area (Å²) in [6.07, 6.45) is 10.3. The Kier molecular flexibility index (Phi) is 6.28. The van der Waals surface area contributed by atoms with Crippen LogP contribution in [0.15, 0.2) is 12.2 Å². The van der Waals surface area contributed by atoms with Crippen LogP contribution in [0.1, 0.15) is 113 Å². The molecule has 3 nitrogen and oxygen atoms in total. The fourth-order valence-electron chi connectivity index (χ4n) is 10.1. The maximum atomic E-state index is 10.8. The molecule has 4 aliphatic rings. The van der Waals surface area contributed by atoms with Gasteiger partial charge in [-0.1, -0.05) is 46.8 Å². The number of allylic oxidation sites excluding steroid dienone is 1. The fourth-order valence-corrected chi connectivity index (χ4v) is 10.1. The Balaban J connectivity index is 1.55. The van der Waals surface area contributed by atoms with Crippen molar-refractivity contribution in [3.63, 3.8) is 0 Å². The molecule has 3 N–H and O–H groups in total. The fraction of sp³-hybridized carbons (Fsp3) is 0.933. The normalized spacial score (nSPS) is 47.9. The maximum absolute atomic E-state index is 10.8. The highest BCUT2D eigenvalue weighted by molar-refractivity contribution is 5.20. The molecule has 0 aliphatic heterocycles. The van der Waals surface area contributed by atoms with Crippen molar-refractivity contribution in [2.75, 3.05) is 0 Å². The zero-order valence-electron chi connectivity index (χ0n) is 22.6. The molecule has 4 rings (SSSR count). The second-order valence-electron chi connectivity index (χ2n) is 14.6. The van der Waals surface area contributed by atoms with Crippen LogP contribution in [-0.2, 0) is 0 Å². The summed E-state index contributed by atoms with van der Waals surface area (Å²) >= 11 is 0. The largest absolute Gasteiger partial charge is 0.393 e. The molecule has 33 heavy (non-hydrogen) atoms. The monoisotopic (exact) mass is 460 g/mol. The van der Waals surface area contributed by atoms with Gasteiger partial charge in [0, 0.05) is 0 Å². The highest BCUT2D eigenvalue weighted by atomic mass is 16.3. The van der Waals surface area contributed by atoms with Crippen LogP contribution < -0.4 is 0 Å². The van der Waals surface area contributed by atoms with Crippen molar-refractivity contribution in [3.05, 3.63) is 12.2 Å². The highest BCUT2D eigenvalue weighted by Crippen LogP contribution is 2.75. The molecule has 4 aliphatic carbocycles. The van der Waals surface area contributed by atoms with E-state index < -0.39 is 11.7 Å². The summed E-state index contributed by atoms with van der Waals surface area (Å²) in [7, 11) is 0. The van der Waals surface area contributed by atoms with Gasteiger partial charge in [0.2, 0.25) is 0 Å². The first-order chi connectivity index (χ1) is 15.1. The summed E-state index contributed by atoms with van der Waals surface area (Å²) in [6.45, 7) is 20.4. The Morgan fingerprint density at radius 3 is 2.18 bits per heavy atom. The van der Waals surface area contributed by atoms with Gasteiger partial charge in [-0.3, -0.25) is 0 Å². The minimum Gasteiger partial charge on any atom is -0.393 e. The number of aliphatic hydroxyl groups excluding tert-OH is 2. The lowest BCUT2D eigenvalue weighted by Crippen LogP contribution is -2.63. The van der Waals surface area contributed by atoms with E-state index >= 15 is 0 Å². The maximum Gasteiger partial charge on any atom is 0.0849 e. The molecule has 3 heteroatoms. The summed E-state index contributed by atoms with van der Waals surface area (Å²) in [6, 6.07) is 0. The number of aliphatic hydroxyl groups is 3. The van der Waals surface area contributed by atoms with Gasteiger partial charge in [-0.05, 0) is 123 Å². The molecule has 0 bridgehead atoms. The van der Waals surface area contributed by atoms with E-state index in [0.717, 1.165) is 18.8 Å². The van der Waals surface area contributed by atoms with Crippen LogP contribution >= 0.6 is 0 Å². The van der Waals surface area contributed by atoms with Crippen LogP contribution in [0, 0.1) is 45.3 Å². The van der Waals surface area contributed by atoms with Gasteiger partial charge in [0.15, 0.2) is 0 Å². The van der Waals surface area contributed by atoms with Crippen LogP contribution in [0.3, 0.4) is 0 Å². The zero-order valence-corrected chi connectivity index (χ0v) is 22.6. The molecule has 0 aromatic rings. The minimum absolute atomic E-state index is 0.0138. The molecule has 0 aromatic carbocycles. The van der Waals surface area contributed by atoms with E-state index in [0.29, 0.717) is 40.4 Å². The van der Waals surface area contributed by atoms with Crippen molar-refractivity contribution in [2.45, 2.75) is 130 Å². The standard InChI is InChI=1S/C30H52O3/c1-19(9-12-25(32)27(4,5)33)20-13-17-29(7)21(20)10-11-23-28(6)16-15-24(31)26(2,3)22(28)14-18-30(23,29)8/h20-25,31-33H,1,9-18H2,2-8H3/t20?,21?,22?,23?,24?,25?,28-,29+,30+/m0/s1. The van der Waals surface area contributed by atoms with Crippen LogP contribution in [0.25, 0.3) is 0 Å². The van der Waals surface area contributed by atoms with E-state index in [1.807, 2.05) is 0 Å². The lowest BCUT2D eigenvalue weighted by molar-refractivity contribution is -0.220. The quantitative estimate of drug-likeness (QED) is 0.410. The molecule has 4 saturated carbocycles. The molecule has 0 heterocycles. The number of hydrogen-bond acceptors (Lipinski definition) is 3. The second kappa shape index (κ2) is 8.07. The van der Waals surface area contributed by atoms with Gasteiger partial charge in [-0.2, -0.15) is 0 Å². The van der Waals surface area contributed by atoms with Gasteiger partial charge >= 0.3 is 0 Å². The molecule has 0 amide bonds. The third-order valence-electron chi connectivity index (χ3n) is 12.5. The summed E-state index contributed by atoms with van der Waals surface area (Å²) in [4.78, 5) is 0. The molecule has 0 radical (unpaired) electrons. The first-order valence-electron chi connectivity index (χ1n) is 13.8. The van der Waals surface area contributed by atoms with Gasteiger partial charge < -0.3 is 15.3 Å². The van der Waals surface area contributed by atoms with E-state index in [1.54, 1.807) is 13.8 Å². The lowest BCUT2D eigenvalue weighted by atomic mass is 9.35. The summed E-state index contributed by atoms with van der Waals surface area (Å²) in [5, 5.41) is 31.3. The first kappa shape index (κ1) is 25.7. The Hall–Kier alpha value is -0.380. The molecule has 6 unspecified atom stereocenters. The first-order valence-corrected chi connectivity index (χ1v) is 13.8. The van der Waals surface area contributed by atoms with Crippen molar-refractivity contribution in [2.24, 2.45) is 45.3 Å². The highest BCUT2D eigenvalue weighted by Gasteiger charge is 2.68. The molecule has 4 fully saturated rings. The van der Waals surface area contributed by atoms with Crippen molar-refractivity contribution >= 4 is 0 Å². The third-order valence-corrected chi connectivity index (χ3v) is 12.5. The van der Waals surface area contributed by atoms with Crippen molar-refractivity contribution < 1.29 is 15.3 Å². The molecule has 0 spiro atoms. The predicted molar refractivity (Wildman–Crippen MR) is 136 cm³/mol. The molecular formula is C30H52O3. The van der Waals surface area contributed by atoms with Gasteiger partial charge in [0.25, 0.3) is 0 Å². The summed E-state index contributed by atoms with van der Waals surface area (Å²) in [5.41, 5.74) is 1.28. The molecule has 0 saturated heterocycles. The molecule has 9 atom stereocenters. The van der Waals surface area contributed by atoms with Crippen LogP contribution in [0.5, 0.6) is 0 Å². The Morgan fingerprint density at radius 1 is 0.909 bits per heavy atom. The zero-order chi connectivity index (χ0) is 24.6. The summed E-state index contributed by atoms with van der Waals surface area (Å²) in [5.74, 6) is 2.59. The Labute approximate surface area is 203 Å². The Bertz CT molecular complexity index is 765. The van der Waals surface area contributed by atoms with Crippen molar-refractivity contribution in [1.82, 2.24) is 0 Å². The second-order valence-corrected chi connectivity index (χ2v) is 14.6.